The first kappa shape index (κ1) is 9.02. The first-order chi connectivity index (χ1) is 6.74. The Morgan fingerprint density at radius 1 is 1.50 bits per heavy atom. The number of nitro benzene ring substituents is 1. The third kappa shape index (κ3) is 1.24. The Morgan fingerprint density at radius 3 is 2.93 bits per heavy atom. The number of hydrogen-bond donors (Lipinski definition) is 1. The summed E-state index contributed by atoms with van der Waals surface area (Å²) >= 11 is 5.69. The smallest absolute Gasteiger partial charge is 0.293 e. The van der Waals surface area contributed by atoms with E-state index in [-0.39, 0.29) is 5.69 Å². The van der Waals surface area contributed by atoms with Crippen LogP contribution in [0.1, 0.15) is 5.56 Å². The van der Waals surface area contributed by atoms with E-state index >= 15 is 0 Å². The highest BCUT2D eigenvalue weighted by Crippen LogP contribution is 2.27. The first-order valence-electron chi connectivity index (χ1n) is 4.03. The normalized spacial score (nSPS) is 10.6. The van der Waals surface area contributed by atoms with Gasteiger partial charge in [0.05, 0.1) is 4.92 Å². The lowest BCUT2D eigenvalue weighted by Crippen LogP contribution is -1.88. The lowest BCUT2D eigenvalue weighted by Gasteiger charge is -1.94. The Balaban J connectivity index is 2.76. The summed E-state index contributed by atoms with van der Waals surface area (Å²) in [4.78, 5) is 13.1. The standard InChI is InChI=1S/C9H7ClN2O2/c10-4-6-5-11-9-7(6)2-1-3-8(9)12(13)14/h1-3,5,11H,4H2. The average molecular weight is 211 g/mol. The number of benzene rings is 1. The first-order valence-corrected chi connectivity index (χ1v) is 4.57. The number of nitro groups is 1. The van der Waals surface area contributed by atoms with Gasteiger partial charge in [-0.15, -0.1) is 11.6 Å². The predicted molar refractivity (Wildman–Crippen MR) is 54.5 cm³/mol. The Bertz CT molecular complexity index is 493. The zero-order valence-corrected chi connectivity index (χ0v) is 7.91. The van der Waals surface area contributed by atoms with E-state index in [1.807, 2.05) is 6.07 Å². The number of nitrogens with zero attached hydrogens (tertiary/aromatic N) is 1. The summed E-state index contributed by atoms with van der Waals surface area (Å²) in [5, 5.41) is 11.5. The van der Waals surface area contributed by atoms with Gasteiger partial charge in [-0.25, -0.2) is 0 Å². The maximum absolute atomic E-state index is 10.7. The monoisotopic (exact) mass is 210 g/mol. The maximum Gasteiger partial charge on any atom is 0.293 e. The van der Waals surface area contributed by atoms with Crippen molar-refractivity contribution in [3.63, 3.8) is 0 Å². The van der Waals surface area contributed by atoms with Gasteiger partial charge in [0.1, 0.15) is 5.52 Å². The van der Waals surface area contributed by atoms with Crippen molar-refractivity contribution in [3.05, 3.63) is 40.1 Å². The molecule has 0 radical (unpaired) electrons. The predicted octanol–water partition coefficient (Wildman–Crippen LogP) is 2.81. The van der Waals surface area contributed by atoms with Gasteiger partial charge in [0.25, 0.3) is 5.69 Å². The molecular weight excluding hydrogens is 204 g/mol. The summed E-state index contributed by atoms with van der Waals surface area (Å²) in [7, 11) is 0. The molecule has 1 N–H and O–H groups in total. The lowest BCUT2D eigenvalue weighted by atomic mass is 10.2. The highest BCUT2D eigenvalue weighted by atomic mass is 35.5. The Labute approximate surface area is 84.6 Å². The number of aromatic amines is 1. The van der Waals surface area contributed by atoms with Gasteiger partial charge in [0.2, 0.25) is 0 Å². The summed E-state index contributed by atoms with van der Waals surface area (Å²) in [6.07, 6.45) is 1.70. The van der Waals surface area contributed by atoms with Crippen molar-refractivity contribution >= 4 is 28.2 Å². The van der Waals surface area contributed by atoms with Gasteiger partial charge < -0.3 is 4.98 Å². The molecule has 1 aromatic heterocycles. The fourth-order valence-electron chi connectivity index (χ4n) is 1.46. The summed E-state index contributed by atoms with van der Waals surface area (Å²) < 4.78 is 0. The van der Waals surface area contributed by atoms with Crippen molar-refractivity contribution in [2.24, 2.45) is 0 Å². The van der Waals surface area contributed by atoms with Gasteiger partial charge in [-0.3, -0.25) is 10.1 Å². The molecule has 0 amide bonds. The lowest BCUT2D eigenvalue weighted by molar-refractivity contribution is -0.383. The molecule has 2 rings (SSSR count). The molecule has 4 nitrogen and oxygen atoms in total. The van der Waals surface area contributed by atoms with Gasteiger partial charge in [-0.1, -0.05) is 12.1 Å². The van der Waals surface area contributed by atoms with E-state index in [2.05, 4.69) is 4.98 Å². The fraction of sp³-hybridized carbons (Fsp3) is 0.111. The molecule has 1 aromatic carbocycles. The zero-order valence-electron chi connectivity index (χ0n) is 7.16. The molecular formula is C9H7ClN2O2. The van der Waals surface area contributed by atoms with Gasteiger partial charge >= 0.3 is 0 Å². The second-order valence-corrected chi connectivity index (χ2v) is 3.17. The molecule has 0 fully saturated rings. The van der Waals surface area contributed by atoms with Crippen LogP contribution in [0.25, 0.3) is 10.9 Å². The van der Waals surface area contributed by atoms with Crippen molar-refractivity contribution in [2.75, 3.05) is 0 Å². The minimum atomic E-state index is -0.406. The summed E-state index contributed by atoms with van der Waals surface area (Å²) in [6, 6.07) is 4.94. The number of para-hydroxylation sites is 1. The molecule has 0 atom stereocenters. The number of aromatic nitrogens is 1. The van der Waals surface area contributed by atoms with Crippen LogP contribution in [-0.4, -0.2) is 9.91 Å². The molecule has 5 heteroatoms. The fourth-order valence-corrected chi connectivity index (χ4v) is 1.68. The number of nitrogens with one attached hydrogen (secondary N) is 1. The van der Waals surface area contributed by atoms with Crippen LogP contribution in [0.15, 0.2) is 24.4 Å². The quantitative estimate of drug-likeness (QED) is 0.471. The molecule has 0 unspecified atom stereocenters. The average Bonchev–Trinajstić information content (AvgIpc) is 2.59. The summed E-state index contributed by atoms with van der Waals surface area (Å²) in [5.41, 5.74) is 1.50. The van der Waals surface area contributed by atoms with Gasteiger partial charge in [-0.2, -0.15) is 0 Å². The molecule has 2 aromatic rings. The van der Waals surface area contributed by atoms with Crippen LogP contribution in [0, 0.1) is 10.1 Å². The Kier molecular flexibility index (Phi) is 2.13. The van der Waals surface area contributed by atoms with E-state index in [0.717, 1.165) is 10.9 Å². The zero-order chi connectivity index (χ0) is 10.1. The van der Waals surface area contributed by atoms with Crippen molar-refractivity contribution in [1.29, 1.82) is 0 Å². The Morgan fingerprint density at radius 2 is 2.29 bits per heavy atom. The van der Waals surface area contributed by atoms with Gasteiger partial charge in [0, 0.05) is 23.5 Å². The topological polar surface area (TPSA) is 58.9 Å². The Hall–Kier alpha value is -1.55. The maximum atomic E-state index is 10.7. The van der Waals surface area contributed by atoms with Crippen LogP contribution in [-0.2, 0) is 5.88 Å². The second-order valence-electron chi connectivity index (χ2n) is 2.90. The van der Waals surface area contributed by atoms with Crippen molar-refractivity contribution in [1.82, 2.24) is 4.98 Å². The van der Waals surface area contributed by atoms with Crippen molar-refractivity contribution in [2.45, 2.75) is 5.88 Å². The molecule has 0 saturated carbocycles. The van der Waals surface area contributed by atoms with Gasteiger partial charge in [0.15, 0.2) is 0 Å². The minimum Gasteiger partial charge on any atom is -0.355 e. The summed E-state index contributed by atoms with van der Waals surface area (Å²) in [5.74, 6) is 0.348. The third-order valence-electron chi connectivity index (χ3n) is 2.12. The molecule has 72 valence electrons. The third-order valence-corrected chi connectivity index (χ3v) is 2.41. The van der Waals surface area contributed by atoms with E-state index in [1.54, 1.807) is 12.3 Å². The van der Waals surface area contributed by atoms with Crippen LogP contribution in [0.4, 0.5) is 5.69 Å². The highest BCUT2D eigenvalue weighted by molar-refractivity contribution is 6.18. The van der Waals surface area contributed by atoms with Crippen molar-refractivity contribution in [3.8, 4) is 0 Å². The number of H-pyrrole nitrogens is 1. The minimum absolute atomic E-state index is 0.0823. The molecule has 0 aliphatic heterocycles. The number of hydrogen-bond acceptors (Lipinski definition) is 2. The molecule has 0 aliphatic rings. The van der Waals surface area contributed by atoms with E-state index in [1.165, 1.54) is 6.07 Å². The van der Waals surface area contributed by atoms with Gasteiger partial charge in [-0.05, 0) is 5.56 Å². The van der Waals surface area contributed by atoms with E-state index in [4.69, 9.17) is 11.6 Å². The molecule has 0 saturated heterocycles. The van der Waals surface area contributed by atoms with Crippen LogP contribution in [0.3, 0.4) is 0 Å². The molecule has 1 heterocycles. The SMILES string of the molecule is O=[N+]([O-])c1cccc2c(CCl)c[nH]c12. The molecule has 0 bridgehead atoms. The largest absolute Gasteiger partial charge is 0.355 e. The van der Waals surface area contributed by atoms with E-state index in [9.17, 15) is 10.1 Å². The van der Waals surface area contributed by atoms with E-state index in [0.29, 0.717) is 11.4 Å². The number of halogens is 1. The molecule has 14 heavy (non-hydrogen) atoms. The number of fused-ring (bicyclic) bond motifs is 1. The highest BCUT2D eigenvalue weighted by Gasteiger charge is 2.13. The molecule has 0 spiro atoms. The number of alkyl halides is 1. The van der Waals surface area contributed by atoms with Crippen molar-refractivity contribution < 1.29 is 4.92 Å². The molecule has 0 aliphatic carbocycles. The van der Waals surface area contributed by atoms with Crippen LogP contribution >= 0.6 is 11.6 Å². The number of non-ortho nitro benzene ring substituents is 1. The van der Waals surface area contributed by atoms with Crippen LogP contribution in [0.2, 0.25) is 0 Å². The summed E-state index contributed by atoms with van der Waals surface area (Å²) in [6.45, 7) is 0. The second kappa shape index (κ2) is 3.31. The van der Waals surface area contributed by atoms with Crippen LogP contribution in [0.5, 0.6) is 0 Å². The number of rotatable bonds is 2. The van der Waals surface area contributed by atoms with E-state index < -0.39 is 4.92 Å². The van der Waals surface area contributed by atoms with Crippen LogP contribution < -0.4 is 0 Å².